The number of phenols is 2. The zero-order valence-corrected chi connectivity index (χ0v) is 84.8. The molecule has 0 unspecified atom stereocenters. The number of hydrogen-bond donors (Lipinski definition) is 2. The SMILES string of the molecule is CC(C)c1cc(O)cc(C(C)C)c1N1C(=O)c2cc(Oc3ccc(C(C)(C)C)cc3)c3c4ccc5c6c(ccc(c7c(Oc8ccc(C(C)(C)C)cc8)cc(c2c37)C1=O)c64)-c1cc2cc3c(cc2cc1-5)C=Cc1cc2cc4c(cc2cc1C=C3)-c1ccc2c3c(Oc5ccc(C(C)(C)C)cc5)cc5c6c(cc(Oc7ccc(C(C)(C)C)cc7)c(c7ccc-4c1c72)c63)C(=O)N(c1c(C(C)C)cc(O)cc1C(C)C)C5=O. The smallest absolute Gasteiger partial charge is 0.266 e. The fraction of sp³-hybridized carbons (Fsp3) is 0.212. The molecule has 3 aliphatic carbocycles. The lowest BCUT2D eigenvalue weighted by molar-refractivity contribution is 0.0877. The molecule has 20 aromatic carbocycles. The molecule has 4 amide bonds. The van der Waals surface area contributed by atoms with Gasteiger partial charge in [0.1, 0.15) is 57.5 Å². The molecule has 12 heteroatoms. The molecule has 0 aromatic heterocycles. The number of benzene rings is 20. The minimum atomic E-state index is -0.486. The van der Waals surface area contributed by atoms with E-state index in [0.717, 1.165) is 175 Å². The van der Waals surface area contributed by atoms with Crippen LogP contribution in [0.3, 0.4) is 0 Å². The van der Waals surface area contributed by atoms with Gasteiger partial charge in [-0.15, -0.1) is 0 Å². The normalized spacial score (nSPS) is 14.0. The van der Waals surface area contributed by atoms with Gasteiger partial charge in [-0.25, -0.2) is 9.80 Å². The summed E-state index contributed by atoms with van der Waals surface area (Å²) in [6.07, 6.45) is 9.05. The van der Waals surface area contributed by atoms with Gasteiger partial charge in [0.05, 0.1) is 33.6 Å². The fourth-order valence-electron chi connectivity index (χ4n) is 23.8. The summed E-state index contributed by atoms with van der Waals surface area (Å²) < 4.78 is 29.4. The zero-order valence-electron chi connectivity index (χ0n) is 84.8. The van der Waals surface area contributed by atoms with E-state index in [4.69, 9.17) is 18.9 Å². The first kappa shape index (κ1) is 89.4. The van der Waals surface area contributed by atoms with Gasteiger partial charge >= 0.3 is 0 Å². The Bertz CT molecular complexity index is 8200. The first-order chi connectivity index (χ1) is 68.7. The summed E-state index contributed by atoms with van der Waals surface area (Å²) in [4.78, 5) is 67.8. The third kappa shape index (κ3) is 13.5. The molecule has 0 radical (unpaired) electrons. The molecule has 2 heterocycles. The van der Waals surface area contributed by atoms with Gasteiger partial charge < -0.3 is 29.2 Å². The van der Waals surface area contributed by atoms with Crippen molar-refractivity contribution in [3.63, 3.8) is 0 Å². The molecule has 5 aliphatic rings. The molecule has 708 valence electrons. The minimum absolute atomic E-state index is 0.0665. The van der Waals surface area contributed by atoms with E-state index in [1.807, 2.05) is 128 Å². The fourth-order valence-corrected chi connectivity index (χ4v) is 23.8. The van der Waals surface area contributed by atoms with Crippen molar-refractivity contribution in [1.29, 1.82) is 0 Å². The number of nitrogens with zero attached hydrogens (tertiary/aromatic N) is 2. The second-order valence-corrected chi connectivity index (χ2v) is 45.9. The number of anilines is 2. The Morgan fingerprint density at radius 2 is 0.431 bits per heavy atom. The topological polar surface area (TPSA) is 152 Å². The minimum Gasteiger partial charge on any atom is -0.508 e. The van der Waals surface area contributed by atoms with E-state index in [1.165, 1.54) is 9.80 Å². The Balaban J connectivity index is 0.628. The molecule has 0 atom stereocenters. The summed E-state index contributed by atoms with van der Waals surface area (Å²) in [7, 11) is 0. The molecule has 0 saturated heterocycles. The highest BCUT2D eigenvalue weighted by Crippen LogP contribution is 2.62. The van der Waals surface area contributed by atoms with Crippen molar-refractivity contribution >= 4 is 167 Å². The van der Waals surface area contributed by atoms with Crippen molar-refractivity contribution in [3.05, 3.63) is 332 Å². The van der Waals surface area contributed by atoms with Gasteiger partial charge in [0.25, 0.3) is 23.6 Å². The summed E-state index contributed by atoms with van der Waals surface area (Å²) in [6.45, 7) is 42.4. The van der Waals surface area contributed by atoms with Gasteiger partial charge in [-0.3, -0.25) is 19.2 Å². The quantitative estimate of drug-likeness (QED) is 0.0611. The number of carbonyl (C=O) groups excluding carboxylic acids is 4. The van der Waals surface area contributed by atoms with Gasteiger partial charge in [-0.05, 0) is 367 Å². The first-order valence-electron chi connectivity index (χ1n) is 50.5. The highest BCUT2D eigenvalue weighted by atomic mass is 16.5. The van der Waals surface area contributed by atoms with E-state index in [9.17, 15) is 10.2 Å². The van der Waals surface area contributed by atoms with Crippen molar-refractivity contribution in [3.8, 4) is 102 Å². The number of fused-ring (bicyclic) bond motifs is 14. The second kappa shape index (κ2) is 31.3. The van der Waals surface area contributed by atoms with E-state index in [0.29, 0.717) is 123 Å². The van der Waals surface area contributed by atoms with Crippen LogP contribution in [-0.2, 0) is 21.7 Å². The molecule has 20 aromatic rings. The molecule has 25 rings (SSSR count). The largest absolute Gasteiger partial charge is 0.508 e. The molecule has 12 nitrogen and oxygen atoms in total. The number of carbonyl (C=O) groups is 4. The Morgan fingerprint density at radius 3 is 0.632 bits per heavy atom. The van der Waals surface area contributed by atoms with Crippen molar-refractivity contribution in [1.82, 2.24) is 0 Å². The van der Waals surface area contributed by atoms with E-state index < -0.39 is 23.6 Å². The maximum atomic E-state index is 16.3. The standard InChI is InChI=1S/C132H110N2O10/c1-65(2)95-57-81(135)58-96(66(3)4)123(95)133-125(137)103-61-107(141-83-33-25-77(26-34-83)129(9,10)11)117-91-45-41-87-99-53-73-49-69-21-23-71-51-75-55-101-89-43-47-93-114-94(48-44-90(112(89)114)102(101)56-76(75)52-72(71)24-22-70(69)50-74(73)54-100(99)88-42-46-92(113(91)111(87)88)118-108(62-104(126(133)138)115(103)121(117)118)142-84-35-27-78(28-36-84)130(12,13)14)120-110(144-86-39-31-80(32-40-86)132(18,19)20)64-106-116-105(63-109(119(93)122(116)120)143-85-37-29-79(30-38-85)131(15,16)17)127(139)134(128(106)140)124-97(67(5)6)59-82(136)60-98(124)68(7)8/h21-68,135-136H,1-20H3. The lowest BCUT2D eigenvalue weighted by Gasteiger charge is -2.33. The number of ether oxygens (including phenoxy) is 4. The Hall–Kier alpha value is -15.9. The summed E-state index contributed by atoms with van der Waals surface area (Å²) in [6, 6.07) is 83.6. The van der Waals surface area contributed by atoms with Crippen LogP contribution in [0.2, 0.25) is 0 Å². The predicted molar refractivity (Wildman–Crippen MR) is 593 cm³/mol. The van der Waals surface area contributed by atoms with Crippen molar-refractivity contribution in [2.45, 2.75) is 184 Å². The van der Waals surface area contributed by atoms with Crippen molar-refractivity contribution in [2.75, 3.05) is 9.80 Å². The van der Waals surface area contributed by atoms with Crippen molar-refractivity contribution in [2.24, 2.45) is 0 Å². The predicted octanol–water partition coefficient (Wildman–Crippen LogP) is 35.9. The summed E-state index contributed by atoms with van der Waals surface area (Å²) in [5.74, 6) is 1.65. The van der Waals surface area contributed by atoms with Crippen LogP contribution in [0, 0.1) is 0 Å². The molecular weight excluding hydrogens is 1770 g/mol. The highest BCUT2D eigenvalue weighted by Gasteiger charge is 2.45. The molecular formula is C132H110N2O10. The Morgan fingerprint density at radius 1 is 0.222 bits per heavy atom. The third-order valence-electron chi connectivity index (χ3n) is 31.2. The molecule has 144 heavy (non-hydrogen) atoms. The van der Waals surface area contributed by atoms with Crippen LogP contribution in [0.5, 0.6) is 57.5 Å². The highest BCUT2D eigenvalue weighted by molar-refractivity contribution is 6.48. The second-order valence-electron chi connectivity index (χ2n) is 45.9. The molecule has 0 spiro atoms. The zero-order chi connectivity index (χ0) is 100. The maximum Gasteiger partial charge on any atom is 0.266 e. The van der Waals surface area contributed by atoms with Crippen molar-refractivity contribution < 1.29 is 48.3 Å². The van der Waals surface area contributed by atoms with Crippen LogP contribution in [0.25, 0.3) is 177 Å². The lowest BCUT2D eigenvalue weighted by Crippen LogP contribution is -2.42. The van der Waals surface area contributed by atoms with Gasteiger partial charge in [0, 0.05) is 43.1 Å². The van der Waals surface area contributed by atoms with E-state index >= 15 is 19.2 Å². The van der Waals surface area contributed by atoms with Crippen LogP contribution >= 0.6 is 0 Å². The first-order valence-corrected chi connectivity index (χ1v) is 50.5. The van der Waals surface area contributed by atoms with E-state index in [2.05, 4.69) is 253 Å². The van der Waals surface area contributed by atoms with E-state index in [-0.39, 0.29) is 56.8 Å². The van der Waals surface area contributed by atoms with Crippen LogP contribution in [-0.4, -0.2) is 33.8 Å². The average molecular weight is 1880 g/mol. The van der Waals surface area contributed by atoms with Gasteiger partial charge in [0.2, 0.25) is 0 Å². The molecule has 2 aliphatic heterocycles. The average Bonchev–Trinajstić information content (AvgIpc) is 1.55. The maximum absolute atomic E-state index is 16.3. The summed E-state index contributed by atoms with van der Waals surface area (Å²) in [5.41, 5.74) is 22.1. The number of hydrogen-bond acceptors (Lipinski definition) is 10. The number of imide groups is 2. The van der Waals surface area contributed by atoms with Gasteiger partial charge in [-0.1, -0.05) is 260 Å². The summed E-state index contributed by atoms with van der Waals surface area (Å²) >= 11 is 0. The molecule has 0 fully saturated rings. The van der Waals surface area contributed by atoms with Crippen LogP contribution < -0.4 is 28.7 Å². The number of aromatic hydroxyl groups is 2. The monoisotopic (exact) mass is 1880 g/mol. The lowest BCUT2D eigenvalue weighted by atomic mass is 9.82. The van der Waals surface area contributed by atoms with Gasteiger partial charge in [0.15, 0.2) is 0 Å². The molecule has 2 N–H and O–H groups in total. The summed E-state index contributed by atoms with van der Waals surface area (Å²) in [5, 5.41) is 40.3. The Labute approximate surface area is 837 Å². The third-order valence-corrected chi connectivity index (χ3v) is 31.2. The Kier molecular flexibility index (Phi) is 19.4. The number of rotatable bonds is 14. The van der Waals surface area contributed by atoms with Crippen LogP contribution in [0.15, 0.2) is 243 Å². The number of amides is 4. The van der Waals surface area contributed by atoms with Crippen LogP contribution in [0.4, 0.5) is 11.4 Å². The van der Waals surface area contributed by atoms with E-state index in [1.54, 1.807) is 24.3 Å². The van der Waals surface area contributed by atoms with Gasteiger partial charge in [-0.2, -0.15) is 0 Å². The number of phenolic OH excluding ortho intramolecular Hbond substituents is 2. The molecule has 0 saturated carbocycles. The molecule has 0 bridgehead atoms. The van der Waals surface area contributed by atoms with Crippen LogP contribution in [0.1, 0.15) is 270 Å².